The molecule has 2 nitrogen and oxygen atoms in total. The molecule has 0 aliphatic carbocycles. The standard InChI is InChI=1S/C12H5Cl3FNO/c13-8-2-7(3-9(14)11(8)15)12-10(16)1-6(5-18)4-17-12/h1-5H. The van der Waals surface area contributed by atoms with E-state index in [1.807, 2.05) is 0 Å². The minimum atomic E-state index is -0.631. The number of hydrogen-bond donors (Lipinski definition) is 0. The number of rotatable bonds is 2. The summed E-state index contributed by atoms with van der Waals surface area (Å²) in [5.41, 5.74) is 0.604. The predicted octanol–water partition coefficient (Wildman–Crippen LogP) is 4.66. The summed E-state index contributed by atoms with van der Waals surface area (Å²) in [4.78, 5) is 14.4. The lowest BCUT2D eigenvalue weighted by atomic mass is 10.1. The largest absolute Gasteiger partial charge is 0.298 e. The van der Waals surface area contributed by atoms with E-state index in [4.69, 9.17) is 34.8 Å². The minimum absolute atomic E-state index is 0.0565. The van der Waals surface area contributed by atoms with Gasteiger partial charge in [-0.3, -0.25) is 9.78 Å². The molecule has 0 unspecified atom stereocenters. The van der Waals surface area contributed by atoms with Crippen molar-refractivity contribution in [2.45, 2.75) is 0 Å². The van der Waals surface area contributed by atoms with Crippen molar-refractivity contribution in [1.82, 2.24) is 4.98 Å². The van der Waals surface area contributed by atoms with Crippen molar-refractivity contribution in [3.05, 3.63) is 50.8 Å². The quantitative estimate of drug-likeness (QED) is 0.596. The third-order valence-electron chi connectivity index (χ3n) is 2.26. The second kappa shape index (κ2) is 5.22. The topological polar surface area (TPSA) is 30.0 Å². The van der Waals surface area contributed by atoms with Crippen LogP contribution in [0.1, 0.15) is 10.4 Å². The number of nitrogens with zero attached hydrogens (tertiary/aromatic N) is 1. The van der Waals surface area contributed by atoms with Gasteiger partial charge in [0.2, 0.25) is 0 Å². The molecule has 0 saturated heterocycles. The van der Waals surface area contributed by atoms with Gasteiger partial charge < -0.3 is 0 Å². The van der Waals surface area contributed by atoms with Crippen molar-refractivity contribution in [2.75, 3.05) is 0 Å². The molecular weight excluding hydrogens is 299 g/mol. The zero-order chi connectivity index (χ0) is 13.3. The second-order valence-electron chi connectivity index (χ2n) is 3.47. The second-order valence-corrected chi connectivity index (χ2v) is 4.66. The molecule has 0 bridgehead atoms. The van der Waals surface area contributed by atoms with Gasteiger partial charge in [0.1, 0.15) is 11.5 Å². The van der Waals surface area contributed by atoms with Crippen LogP contribution in [0, 0.1) is 5.82 Å². The molecule has 0 fully saturated rings. The number of aromatic nitrogens is 1. The maximum atomic E-state index is 13.7. The van der Waals surface area contributed by atoms with Crippen molar-refractivity contribution in [2.24, 2.45) is 0 Å². The maximum absolute atomic E-state index is 13.7. The van der Waals surface area contributed by atoms with Gasteiger partial charge in [-0.15, -0.1) is 0 Å². The molecule has 0 N–H and O–H groups in total. The first-order chi connectivity index (χ1) is 8.52. The molecule has 6 heteroatoms. The van der Waals surface area contributed by atoms with Crippen LogP contribution in [0.25, 0.3) is 11.3 Å². The van der Waals surface area contributed by atoms with Crippen LogP contribution < -0.4 is 0 Å². The van der Waals surface area contributed by atoms with Gasteiger partial charge in [0.25, 0.3) is 0 Å². The molecule has 1 aromatic heterocycles. The molecule has 0 aliphatic rings. The SMILES string of the molecule is O=Cc1cnc(-c2cc(Cl)c(Cl)c(Cl)c2)c(F)c1. The van der Waals surface area contributed by atoms with Crippen molar-refractivity contribution in [1.29, 1.82) is 0 Å². The lowest BCUT2D eigenvalue weighted by molar-refractivity contribution is 0.112. The van der Waals surface area contributed by atoms with Crippen LogP contribution in [-0.2, 0) is 0 Å². The summed E-state index contributed by atoms with van der Waals surface area (Å²) >= 11 is 17.5. The average Bonchev–Trinajstić information content (AvgIpc) is 2.35. The maximum Gasteiger partial charge on any atom is 0.151 e. The fourth-order valence-corrected chi connectivity index (χ4v) is 2.02. The van der Waals surface area contributed by atoms with Gasteiger partial charge in [0, 0.05) is 17.3 Å². The Morgan fingerprint density at radius 3 is 2.22 bits per heavy atom. The van der Waals surface area contributed by atoms with E-state index in [9.17, 15) is 9.18 Å². The molecule has 92 valence electrons. The molecule has 2 rings (SSSR count). The van der Waals surface area contributed by atoms with Gasteiger partial charge in [-0.2, -0.15) is 0 Å². The summed E-state index contributed by atoms with van der Waals surface area (Å²) in [5, 5.41) is 0.617. The number of carbonyl (C=O) groups is 1. The van der Waals surface area contributed by atoms with Crippen LogP contribution >= 0.6 is 34.8 Å². The highest BCUT2D eigenvalue weighted by atomic mass is 35.5. The lowest BCUT2D eigenvalue weighted by Gasteiger charge is -2.06. The van der Waals surface area contributed by atoms with E-state index in [0.717, 1.165) is 6.07 Å². The molecule has 18 heavy (non-hydrogen) atoms. The Morgan fingerprint density at radius 1 is 1.11 bits per heavy atom. The summed E-state index contributed by atoms with van der Waals surface area (Å²) in [7, 11) is 0. The van der Waals surface area contributed by atoms with Crippen molar-refractivity contribution in [3.63, 3.8) is 0 Å². The average molecular weight is 305 g/mol. The molecule has 0 saturated carbocycles. The first kappa shape index (κ1) is 13.3. The molecule has 2 aromatic rings. The van der Waals surface area contributed by atoms with E-state index in [1.165, 1.54) is 18.3 Å². The molecule has 0 radical (unpaired) electrons. The van der Waals surface area contributed by atoms with E-state index in [-0.39, 0.29) is 26.3 Å². The molecule has 0 aliphatic heterocycles. The highest BCUT2D eigenvalue weighted by Gasteiger charge is 2.12. The number of aldehydes is 1. The monoisotopic (exact) mass is 303 g/mol. The fraction of sp³-hybridized carbons (Fsp3) is 0. The number of hydrogen-bond acceptors (Lipinski definition) is 2. The van der Waals surface area contributed by atoms with Gasteiger partial charge in [-0.25, -0.2) is 4.39 Å². The Kier molecular flexibility index (Phi) is 3.85. The number of halogens is 4. The summed E-state index contributed by atoms with van der Waals surface area (Å²) in [6, 6.07) is 4.01. The summed E-state index contributed by atoms with van der Waals surface area (Å²) in [6.07, 6.45) is 1.78. The number of pyridine rings is 1. The van der Waals surface area contributed by atoms with Crippen LogP contribution in [0.2, 0.25) is 15.1 Å². The van der Waals surface area contributed by atoms with Crippen LogP contribution in [-0.4, -0.2) is 11.3 Å². The van der Waals surface area contributed by atoms with Gasteiger partial charge in [0.15, 0.2) is 6.29 Å². The Hall–Kier alpha value is -1.16. The molecule has 0 spiro atoms. The predicted molar refractivity (Wildman–Crippen MR) is 70.0 cm³/mol. The van der Waals surface area contributed by atoms with Gasteiger partial charge in [0.05, 0.1) is 15.1 Å². The fourth-order valence-electron chi connectivity index (χ4n) is 1.42. The minimum Gasteiger partial charge on any atom is -0.298 e. The van der Waals surface area contributed by atoms with E-state index in [1.54, 1.807) is 0 Å². The van der Waals surface area contributed by atoms with E-state index >= 15 is 0 Å². The summed E-state index contributed by atoms with van der Waals surface area (Å²) in [6.45, 7) is 0. The zero-order valence-electron chi connectivity index (χ0n) is 8.75. The molecule has 1 aromatic carbocycles. The first-order valence-corrected chi connectivity index (χ1v) is 5.92. The van der Waals surface area contributed by atoms with E-state index in [2.05, 4.69) is 4.98 Å². The van der Waals surface area contributed by atoms with E-state index in [0.29, 0.717) is 11.8 Å². The third kappa shape index (κ3) is 2.48. The Bertz CT molecular complexity index is 608. The molecule has 0 amide bonds. The van der Waals surface area contributed by atoms with Crippen LogP contribution in [0.15, 0.2) is 24.4 Å². The highest BCUT2D eigenvalue weighted by molar-refractivity contribution is 6.48. The first-order valence-electron chi connectivity index (χ1n) is 4.78. The van der Waals surface area contributed by atoms with Crippen LogP contribution in [0.5, 0.6) is 0 Å². The number of carbonyl (C=O) groups excluding carboxylic acids is 1. The molecule has 0 atom stereocenters. The molecule has 1 heterocycles. The van der Waals surface area contributed by atoms with Gasteiger partial charge >= 0.3 is 0 Å². The Balaban J connectivity index is 2.59. The van der Waals surface area contributed by atoms with Gasteiger partial charge in [-0.05, 0) is 18.2 Å². The van der Waals surface area contributed by atoms with Gasteiger partial charge in [-0.1, -0.05) is 34.8 Å². The van der Waals surface area contributed by atoms with Crippen molar-refractivity contribution in [3.8, 4) is 11.3 Å². The lowest BCUT2D eigenvalue weighted by Crippen LogP contribution is -1.93. The Labute approximate surface area is 117 Å². The van der Waals surface area contributed by atoms with E-state index < -0.39 is 5.82 Å². The van der Waals surface area contributed by atoms with Crippen LogP contribution in [0.4, 0.5) is 4.39 Å². The zero-order valence-corrected chi connectivity index (χ0v) is 11.0. The third-order valence-corrected chi connectivity index (χ3v) is 3.45. The summed E-state index contributed by atoms with van der Waals surface area (Å²) in [5.74, 6) is -0.631. The number of benzene rings is 1. The van der Waals surface area contributed by atoms with Crippen molar-refractivity contribution >= 4 is 41.1 Å². The highest BCUT2D eigenvalue weighted by Crippen LogP contribution is 2.35. The normalized spacial score (nSPS) is 10.4. The Morgan fingerprint density at radius 2 is 1.72 bits per heavy atom. The summed E-state index contributed by atoms with van der Waals surface area (Å²) < 4.78 is 13.7. The van der Waals surface area contributed by atoms with Crippen LogP contribution in [0.3, 0.4) is 0 Å². The molecular formula is C12H5Cl3FNO. The smallest absolute Gasteiger partial charge is 0.151 e. The van der Waals surface area contributed by atoms with Crippen molar-refractivity contribution < 1.29 is 9.18 Å².